The molecular formula is C13H18BrClN2O. The molecule has 1 aromatic rings. The number of amides is 1. The number of carbonyl (C=O) groups is 1. The van der Waals surface area contributed by atoms with Gasteiger partial charge in [-0.3, -0.25) is 4.79 Å². The topological polar surface area (TPSA) is 55.1 Å². The number of benzene rings is 1. The van der Waals surface area contributed by atoms with E-state index in [1.807, 2.05) is 25.1 Å². The van der Waals surface area contributed by atoms with Gasteiger partial charge in [-0.25, -0.2) is 0 Å². The first kappa shape index (κ1) is 15.5. The van der Waals surface area contributed by atoms with Crippen LogP contribution in [0.25, 0.3) is 0 Å². The average molecular weight is 334 g/mol. The lowest BCUT2D eigenvalue weighted by molar-refractivity contribution is -0.119. The van der Waals surface area contributed by atoms with Crippen LogP contribution in [-0.4, -0.2) is 11.9 Å². The molecule has 2 rings (SSSR count). The number of nitrogens with two attached hydrogens (primary N) is 1. The molecule has 100 valence electrons. The Morgan fingerprint density at radius 2 is 2.17 bits per heavy atom. The monoisotopic (exact) mass is 332 g/mol. The minimum atomic E-state index is 0. The Kier molecular flexibility index (Phi) is 5.63. The van der Waals surface area contributed by atoms with Crippen molar-refractivity contribution in [2.45, 2.75) is 32.2 Å². The Morgan fingerprint density at radius 1 is 1.44 bits per heavy atom. The summed E-state index contributed by atoms with van der Waals surface area (Å²) < 4.78 is 1.01. The Labute approximate surface area is 122 Å². The average Bonchev–Trinajstić information content (AvgIpc) is 2.70. The van der Waals surface area contributed by atoms with Crippen LogP contribution < -0.4 is 11.1 Å². The van der Waals surface area contributed by atoms with Crippen LogP contribution in [-0.2, 0) is 4.79 Å². The molecule has 5 heteroatoms. The van der Waals surface area contributed by atoms with Crippen molar-refractivity contribution in [1.82, 2.24) is 0 Å². The maximum Gasteiger partial charge on any atom is 0.227 e. The summed E-state index contributed by atoms with van der Waals surface area (Å²) in [7, 11) is 0. The first-order valence-corrected chi connectivity index (χ1v) is 6.68. The molecular weight excluding hydrogens is 316 g/mol. The van der Waals surface area contributed by atoms with Crippen molar-refractivity contribution in [3.63, 3.8) is 0 Å². The molecule has 1 aliphatic rings. The molecule has 0 spiro atoms. The summed E-state index contributed by atoms with van der Waals surface area (Å²) in [6, 6.07) is 6.03. The van der Waals surface area contributed by atoms with Gasteiger partial charge in [0.15, 0.2) is 0 Å². The lowest BCUT2D eigenvalue weighted by Gasteiger charge is -2.11. The van der Waals surface area contributed by atoms with Gasteiger partial charge in [-0.2, -0.15) is 0 Å². The predicted octanol–water partition coefficient (Wildman–Crippen LogP) is 3.25. The molecule has 18 heavy (non-hydrogen) atoms. The van der Waals surface area contributed by atoms with Gasteiger partial charge in [0, 0.05) is 22.1 Å². The SMILES string of the molecule is Cc1ccc(NC(=O)C2CCC(N)C2)cc1Br.Cl. The first-order chi connectivity index (χ1) is 8.06. The third kappa shape index (κ3) is 3.70. The number of halogens is 2. The first-order valence-electron chi connectivity index (χ1n) is 5.89. The van der Waals surface area contributed by atoms with Crippen LogP contribution in [0.1, 0.15) is 24.8 Å². The molecule has 1 amide bonds. The third-order valence-corrected chi connectivity index (χ3v) is 4.14. The number of carbonyl (C=O) groups excluding carboxylic acids is 1. The highest BCUT2D eigenvalue weighted by molar-refractivity contribution is 9.10. The number of anilines is 1. The van der Waals surface area contributed by atoms with Crippen LogP contribution in [0.3, 0.4) is 0 Å². The zero-order chi connectivity index (χ0) is 12.4. The molecule has 0 heterocycles. The van der Waals surface area contributed by atoms with Gasteiger partial charge in [0.05, 0.1) is 0 Å². The van der Waals surface area contributed by atoms with Gasteiger partial charge in [-0.15, -0.1) is 12.4 Å². The normalized spacial score (nSPS) is 22.4. The lowest BCUT2D eigenvalue weighted by Crippen LogP contribution is -2.23. The number of rotatable bonds is 2. The molecule has 1 aliphatic carbocycles. The number of nitrogens with one attached hydrogen (secondary N) is 1. The van der Waals surface area contributed by atoms with Gasteiger partial charge in [-0.1, -0.05) is 22.0 Å². The van der Waals surface area contributed by atoms with E-state index in [0.717, 1.165) is 35.0 Å². The minimum absolute atomic E-state index is 0. The van der Waals surface area contributed by atoms with Gasteiger partial charge in [0.2, 0.25) is 5.91 Å². The van der Waals surface area contributed by atoms with Crippen molar-refractivity contribution >= 4 is 39.9 Å². The fourth-order valence-electron chi connectivity index (χ4n) is 2.17. The minimum Gasteiger partial charge on any atom is -0.328 e. The summed E-state index contributed by atoms with van der Waals surface area (Å²) >= 11 is 3.46. The van der Waals surface area contributed by atoms with Crippen LogP contribution in [0.15, 0.2) is 22.7 Å². The Balaban J connectivity index is 0.00000162. The van der Waals surface area contributed by atoms with E-state index in [0.29, 0.717) is 0 Å². The largest absolute Gasteiger partial charge is 0.328 e. The third-order valence-electron chi connectivity index (χ3n) is 3.28. The van der Waals surface area contributed by atoms with Crippen molar-refractivity contribution in [3.8, 4) is 0 Å². The molecule has 3 N–H and O–H groups in total. The van der Waals surface area contributed by atoms with Crippen LogP contribution in [0, 0.1) is 12.8 Å². The zero-order valence-corrected chi connectivity index (χ0v) is 12.7. The highest BCUT2D eigenvalue weighted by atomic mass is 79.9. The molecule has 1 fully saturated rings. The maximum atomic E-state index is 12.0. The van der Waals surface area contributed by atoms with E-state index in [4.69, 9.17) is 5.73 Å². The Hall–Kier alpha value is -0.580. The second kappa shape index (κ2) is 6.55. The molecule has 1 saturated carbocycles. The van der Waals surface area contributed by atoms with Crippen molar-refractivity contribution in [3.05, 3.63) is 28.2 Å². The predicted molar refractivity (Wildman–Crippen MR) is 80.1 cm³/mol. The molecule has 1 aromatic carbocycles. The summed E-state index contributed by atoms with van der Waals surface area (Å²) in [5.74, 6) is 0.166. The molecule has 0 radical (unpaired) electrons. The van der Waals surface area contributed by atoms with Gasteiger partial charge in [0.25, 0.3) is 0 Å². The second-order valence-electron chi connectivity index (χ2n) is 4.72. The van der Waals surface area contributed by atoms with Crippen molar-refractivity contribution < 1.29 is 4.79 Å². The van der Waals surface area contributed by atoms with Crippen LogP contribution in [0.2, 0.25) is 0 Å². The number of hydrogen-bond donors (Lipinski definition) is 2. The summed E-state index contributed by atoms with van der Waals surface area (Å²) in [4.78, 5) is 12.0. The molecule has 2 unspecified atom stereocenters. The van der Waals surface area contributed by atoms with E-state index < -0.39 is 0 Å². The van der Waals surface area contributed by atoms with Crippen LogP contribution in [0.4, 0.5) is 5.69 Å². The Morgan fingerprint density at radius 3 is 2.72 bits per heavy atom. The van der Waals surface area contributed by atoms with Crippen LogP contribution >= 0.6 is 28.3 Å². The molecule has 0 bridgehead atoms. The molecule has 0 aliphatic heterocycles. The second-order valence-corrected chi connectivity index (χ2v) is 5.58. The molecule has 0 aromatic heterocycles. The van der Waals surface area contributed by atoms with Gasteiger partial charge in [-0.05, 0) is 43.9 Å². The van der Waals surface area contributed by atoms with Gasteiger partial charge in [0.1, 0.15) is 0 Å². The molecule has 2 atom stereocenters. The summed E-state index contributed by atoms with van der Waals surface area (Å²) in [5, 5.41) is 2.95. The fourth-order valence-corrected chi connectivity index (χ4v) is 2.55. The highest BCUT2D eigenvalue weighted by Gasteiger charge is 2.27. The lowest BCUT2D eigenvalue weighted by atomic mass is 10.1. The molecule has 0 saturated heterocycles. The highest BCUT2D eigenvalue weighted by Crippen LogP contribution is 2.26. The smallest absolute Gasteiger partial charge is 0.227 e. The maximum absolute atomic E-state index is 12.0. The number of hydrogen-bond acceptors (Lipinski definition) is 2. The van der Waals surface area contributed by atoms with E-state index in [1.54, 1.807) is 0 Å². The van der Waals surface area contributed by atoms with Crippen molar-refractivity contribution in [2.75, 3.05) is 5.32 Å². The summed E-state index contributed by atoms with van der Waals surface area (Å²) in [5.41, 5.74) is 7.81. The standard InChI is InChI=1S/C13H17BrN2O.ClH/c1-8-2-5-11(7-12(8)14)16-13(17)9-3-4-10(15)6-9;/h2,5,7,9-10H,3-4,6,15H2,1H3,(H,16,17);1H. The number of aryl methyl sites for hydroxylation is 1. The summed E-state index contributed by atoms with van der Waals surface area (Å²) in [6.45, 7) is 2.02. The fraction of sp³-hybridized carbons (Fsp3) is 0.462. The van der Waals surface area contributed by atoms with Gasteiger partial charge < -0.3 is 11.1 Å². The quantitative estimate of drug-likeness (QED) is 0.873. The Bertz CT molecular complexity index is 439. The van der Waals surface area contributed by atoms with E-state index in [2.05, 4.69) is 21.2 Å². The van der Waals surface area contributed by atoms with E-state index in [-0.39, 0.29) is 30.3 Å². The van der Waals surface area contributed by atoms with E-state index in [1.165, 1.54) is 0 Å². The van der Waals surface area contributed by atoms with Crippen LogP contribution in [0.5, 0.6) is 0 Å². The zero-order valence-electron chi connectivity index (χ0n) is 10.3. The molecule has 3 nitrogen and oxygen atoms in total. The van der Waals surface area contributed by atoms with E-state index >= 15 is 0 Å². The van der Waals surface area contributed by atoms with Gasteiger partial charge >= 0.3 is 0 Å². The summed E-state index contributed by atoms with van der Waals surface area (Å²) in [6.07, 6.45) is 2.66. The van der Waals surface area contributed by atoms with Crippen molar-refractivity contribution in [1.29, 1.82) is 0 Å². The van der Waals surface area contributed by atoms with E-state index in [9.17, 15) is 4.79 Å². The van der Waals surface area contributed by atoms with Crippen molar-refractivity contribution in [2.24, 2.45) is 11.7 Å².